The van der Waals surface area contributed by atoms with Gasteiger partial charge in [0, 0.05) is 52.1 Å². The average molecular weight is 429 g/mol. The number of hydrogen-bond acceptors (Lipinski definition) is 4. The smallest absolute Gasteiger partial charge is 0.194 e. The van der Waals surface area contributed by atoms with Gasteiger partial charge in [0.05, 0.1) is 4.90 Å². The number of piperazine rings is 1. The molecule has 30 heavy (non-hydrogen) atoms. The second-order valence-corrected chi connectivity index (χ2v) is 9.69. The summed E-state index contributed by atoms with van der Waals surface area (Å²) in [5, 5.41) is 3.41. The fourth-order valence-corrected chi connectivity index (χ4v) is 4.62. The van der Waals surface area contributed by atoms with Gasteiger partial charge in [0.15, 0.2) is 15.8 Å². The number of guanidine groups is 1. The van der Waals surface area contributed by atoms with Gasteiger partial charge in [-0.15, -0.1) is 0 Å². The van der Waals surface area contributed by atoms with Crippen molar-refractivity contribution in [2.24, 2.45) is 4.99 Å². The molecule has 1 fully saturated rings. The summed E-state index contributed by atoms with van der Waals surface area (Å²) in [5.74, 6) is 0.884. The molecule has 0 radical (unpaired) electrons. The van der Waals surface area contributed by atoms with Crippen LogP contribution >= 0.6 is 0 Å². The molecule has 1 unspecified atom stereocenters. The van der Waals surface area contributed by atoms with Crippen molar-refractivity contribution < 1.29 is 8.42 Å². The molecular formula is C23H32N4O2S. The Kier molecular flexibility index (Phi) is 7.50. The van der Waals surface area contributed by atoms with Crippen molar-refractivity contribution in [2.75, 3.05) is 39.5 Å². The number of aliphatic imine (C=N–C) groups is 1. The van der Waals surface area contributed by atoms with Gasteiger partial charge in [-0.3, -0.25) is 9.89 Å². The minimum absolute atomic E-state index is 0.343. The summed E-state index contributed by atoms with van der Waals surface area (Å²) >= 11 is 0. The molecule has 2 aromatic rings. The molecule has 2 aromatic carbocycles. The summed E-state index contributed by atoms with van der Waals surface area (Å²) < 4.78 is 23.2. The van der Waals surface area contributed by atoms with E-state index in [2.05, 4.69) is 57.4 Å². The third-order valence-corrected chi connectivity index (χ3v) is 6.77. The number of nitrogens with zero attached hydrogens (tertiary/aromatic N) is 3. The van der Waals surface area contributed by atoms with E-state index >= 15 is 0 Å². The summed E-state index contributed by atoms with van der Waals surface area (Å²) in [4.78, 5) is 9.64. The van der Waals surface area contributed by atoms with E-state index in [9.17, 15) is 8.42 Å². The van der Waals surface area contributed by atoms with Crippen LogP contribution < -0.4 is 5.32 Å². The van der Waals surface area contributed by atoms with E-state index in [4.69, 9.17) is 0 Å². The van der Waals surface area contributed by atoms with Gasteiger partial charge in [-0.2, -0.15) is 0 Å². The number of nitrogens with one attached hydrogen (secondary N) is 1. The van der Waals surface area contributed by atoms with Crippen molar-refractivity contribution in [3.05, 3.63) is 65.7 Å². The zero-order chi connectivity index (χ0) is 21.6. The fourth-order valence-electron chi connectivity index (χ4n) is 3.99. The molecule has 3 rings (SSSR count). The van der Waals surface area contributed by atoms with Crippen LogP contribution in [0.5, 0.6) is 0 Å². The Morgan fingerprint density at radius 1 is 1.03 bits per heavy atom. The lowest BCUT2D eigenvalue weighted by Gasteiger charge is -2.40. The molecule has 0 amide bonds. The minimum atomic E-state index is -3.16. The first-order valence-electron chi connectivity index (χ1n) is 10.5. The lowest BCUT2D eigenvalue weighted by atomic mass is 10.0. The molecule has 1 saturated heterocycles. The SMILES string of the molecule is CCC(c1ccccc1)N1CCN(C(=NC)NCc2ccc(S(C)(=O)=O)cc2)CC1. The molecule has 0 spiro atoms. The average Bonchev–Trinajstić information content (AvgIpc) is 2.76. The molecule has 162 valence electrons. The Labute approximate surface area is 180 Å². The molecule has 0 aliphatic carbocycles. The van der Waals surface area contributed by atoms with Crippen LogP contribution in [0.15, 0.2) is 64.5 Å². The van der Waals surface area contributed by atoms with Crippen molar-refractivity contribution >= 4 is 15.8 Å². The van der Waals surface area contributed by atoms with Crippen molar-refractivity contribution in [1.29, 1.82) is 0 Å². The van der Waals surface area contributed by atoms with Gasteiger partial charge in [-0.05, 0) is 29.7 Å². The van der Waals surface area contributed by atoms with E-state index in [1.54, 1.807) is 19.2 Å². The molecule has 7 heteroatoms. The second-order valence-electron chi connectivity index (χ2n) is 7.67. The molecule has 0 bridgehead atoms. The van der Waals surface area contributed by atoms with E-state index < -0.39 is 9.84 Å². The van der Waals surface area contributed by atoms with E-state index in [-0.39, 0.29) is 0 Å². The van der Waals surface area contributed by atoms with Crippen molar-refractivity contribution in [1.82, 2.24) is 15.1 Å². The van der Waals surface area contributed by atoms with Gasteiger partial charge in [0.25, 0.3) is 0 Å². The van der Waals surface area contributed by atoms with Gasteiger partial charge in [0.1, 0.15) is 0 Å². The zero-order valence-electron chi connectivity index (χ0n) is 18.1. The number of sulfone groups is 1. The predicted octanol–water partition coefficient (Wildman–Crippen LogP) is 2.93. The van der Waals surface area contributed by atoms with E-state index in [1.165, 1.54) is 11.8 Å². The predicted molar refractivity (Wildman–Crippen MR) is 122 cm³/mol. The maximum absolute atomic E-state index is 11.6. The summed E-state index contributed by atoms with van der Waals surface area (Å²) in [5.41, 5.74) is 2.41. The van der Waals surface area contributed by atoms with Gasteiger partial charge in [-0.1, -0.05) is 49.4 Å². The second kappa shape index (κ2) is 10.1. The van der Waals surface area contributed by atoms with E-state index in [1.807, 2.05) is 12.1 Å². The molecule has 1 aliphatic rings. The van der Waals surface area contributed by atoms with Crippen molar-refractivity contribution in [3.8, 4) is 0 Å². The Bertz CT molecular complexity index is 935. The molecule has 1 atom stereocenters. The lowest BCUT2D eigenvalue weighted by molar-refractivity contribution is 0.127. The molecule has 1 heterocycles. The topological polar surface area (TPSA) is 65.0 Å². The van der Waals surface area contributed by atoms with Crippen LogP contribution in [-0.4, -0.2) is 63.7 Å². The fraction of sp³-hybridized carbons (Fsp3) is 0.435. The highest BCUT2D eigenvalue weighted by molar-refractivity contribution is 7.90. The Morgan fingerprint density at radius 2 is 1.67 bits per heavy atom. The standard InChI is InChI=1S/C23H32N4O2S/c1-4-22(20-8-6-5-7-9-20)26-14-16-27(17-15-26)23(24-2)25-18-19-10-12-21(13-11-19)30(3,28)29/h5-13,22H,4,14-18H2,1-3H3,(H,24,25). The Balaban J connectivity index is 1.55. The third-order valence-electron chi connectivity index (χ3n) is 5.64. The zero-order valence-corrected chi connectivity index (χ0v) is 18.9. The van der Waals surface area contributed by atoms with Gasteiger partial charge < -0.3 is 10.2 Å². The van der Waals surface area contributed by atoms with Gasteiger partial charge in [0.2, 0.25) is 0 Å². The minimum Gasteiger partial charge on any atom is -0.352 e. The van der Waals surface area contributed by atoms with Crippen LogP contribution in [0.3, 0.4) is 0 Å². The summed E-state index contributed by atoms with van der Waals surface area (Å²) in [6.45, 7) is 6.71. The first-order chi connectivity index (χ1) is 14.4. The number of rotatable bonds is 6. The molecular weight excluding hydrogens is 396 g/mol. The first-order valence-corrected chi connectivity index (χ1v) is 12.3. The van der Waals surface area contributed by atoms with Crippen LogP contribution in [0.1, 0.15) is 30.5 Å². The van der Waals surface area contributed by atoms with Gasteiger partial charge >= 0.3 is 0 Å². The maximum Gasteiger partial charge on any atom is 0.194 e. The lowest BCUT2D eigenvalue weighted by Crippen LogP contribution is -2.52. The number of hydrogen-bond donors (Lipinski definition) is 1. The van der Waals surface area contributed by atoms with E-state index in [0.717, 1.165) is 44.1 Å². The monoisotopic (exact) mass is 428 g/mol. The van der Waals surface area contributed by atoms with Crippen LogP contribution in [0.4, 0.5) is 0 Å². The first kappa shape index (κ1) is 22.3. The van der Waals surface area contributed by atoms with Crippen molar-refractivity contribution in [3.63, 3.8) is 0 Å². The summed E-state index contributed by atoms with van der Waals surface area (Å²) in [7, 11) is -1.36. The highest BCUT2D eigenvalue weighted by Gasteiger charge is 2.25. The normalized spacial score (nSPS) is 17.0. The molecule has 1 N–H and O–H groups in total. The largest absolute Gasteiger partial charge is 0.352 e. The van der Waals surface area contributed by atoms with Crippen LogP contribution in [0.2, 0.25) is 0 Å². The molecule has 1 aliphatic heterocycles. The van der Waals surface area contributed by atoms with Crippen LogP contribution in [0.25, 0.3) is 0 Å². The highest BCUT2D eigenvalue weighted by Crippen LogP contribution is 2.25. The summed E-state index contributed by atoms with van der Waals surface area (Å²) in [6.07, 6.45) is 2.32. The van der Waals surface area contributed by atoms with Crippen LogP contribution in [0, 0.1) is 0 Å². The number of benzene rings is 2. The van der Waals surface area contributed by atoms with Crippen molar-refractivity contribution in [2.45, 2.75) is 30.8 Å². The quantitative estimate of drug-likeness (QED) is 0.566. The maximum atomic E-state index is 11.6. The van der Waals surface area contributed by atoms with E-state index in [0.29, 0.717) is 17.5 Å². The molecule has 6 nitrogen and oxygen atoms in total. The van der Waals surface area contributed by atoms with Gasteiger partial charge in [-0.25, -0.2) is 8.42 Å². The Morgan fingerprint density at radius 3 is 2.20 bits per heavy atom. The third kappa shape index (κ3) is 5.61. The summed E-state index contributed by atoms with van der Waals surface area (Å²) in [6, 6.07) is 18.2. The van der Waals surface area contributed by atoms with Crippen LogP contribution in [-0.2, 0) is 16.4 Å². The highest BCUT2D eigenvalue weighted by atomic mass is 32.2. The molecule has 0 saturated carbocycles. The Hall–Kier alpha value is -2.38. The molecule has 0 aromatic heterocycles.